The van der Waals surface area contributed by atoms with E-state index in [4.69, 9.17) is 9.72 Å². The van der Waals surface area contributed by atoms with Crippen LogP contribution < -0.4 is 4.74 Å². The Hall–Kier alpha value is -4.89. The first kappa shape index (κ1) is 33.0. The van der Waals surface area contributed by atoms with E-state index in [0.717, 1.165) is 50.5 Å². The molecule has 239 valence electrons. The number of pyridine rings is 2. The van der Waals surface area contributed by atoms with Crippen LogP contribution in [0.4, 0.5) is 0 Å². The zero-order valence-corrected chi connectivity index (χ0v) is 30.4. The molecule has 0 atom stereocenters. The van der Waals surface area contributed by atoms with Gasteiger partial charge in [-0.1, -0.05) is 84.3 Å². The van der Waals surface area contributed by atoms with Crippen LogP contribution in [0, 0.1) is 53.7 Å². The molecule has 3 nitrogen and oxygen atoms in total. The van der Waals surface area contributed by atoms with Gasteiger partial charge in [0.25, 0.3) is 0 Å². The molecule has 2 aromatic heterocycles. The van der Waals surface area contributed by atoms with Crippen LogP contribution in [0.1, 0.15) is 33.4 Å². The smallest absolute Gasteiger partial charge is 0.122 e. The number of benzene rings is 5. The van der Waals surface area contributed by atoms with Crippen molar-refractivity contribution in [2.75, 3.05) is 0 Å². The van der Waals surface area contributed by atoms with Crippen molar-refractivity contribution in [2.24, 2.45) is 0 Å². The normalized spacial score (nSPS) is 11.1. The first-order chi connectivity index (χ1) is 22.8. The maximum atomic E-state index is 6.50. The van der Waals surface area contributed by atoms with Gasteiger partial charge in [0.2, 0.25) is 0 Å². The largest absolute Gasteiger partial charge is 0.501 e. The van der Waals surface area contributed by atoms with Crippen molar-refractivity contribution < 1.29 is 24.8 Å². The third-order valence-electron chi connectivity index (χ3n) is 8.78. The first-order valence-electron chi connectivity index (χ1n) is 16.0. The molecule has 3 heterocycles. The van der Waals surface area contributed by atoms with Crippen LogP contribution in [0.3, 0.4) is 0 Å². The Kier molecular flexibility index (Phi) is 9.42. The van der Waals surface area contributed by atoms with Crippen LogP contribution in [-0.2, 0) is 20.1 Å². The molecule has 7 aromatic rings. The van der Waals surface area contributed by atoms with Crippen LogP contribution in [0.15, 0.2) is 109 Å². The van der Waals surface area contributed by atoms with E-state index < -0.39 is 0 Å². The quantitative estimate of drug-likeness (QED) is 0.167. The molecule has 8 rings (SSSR count). The number of aromatic nitrogens is 2. The van der Waals surface area contributed by atoms with Crippen LogP contribution in [-0.4, -0.2) is 9.97 Å². The predicted octanol–water partition coefficient (Wildman–Crippen LogP) is 11.5. The molecule has 0 spiro atoms. The summed E-state index contributed by atoms with van der Waals surface area (Å²) in [4.78, 5) is 9.16. The van der Waals surface area contributed by atoms with Crippen LogP contribution in [0.2, 0.25) is 0 Å². The molecule has 0 saturated heterocycles. The number of nitrogens with zero attached hydrogens (tertiary/aromatic N) is 2. The maximum Gasteiger partial charge on any atom is 0.122 e. The van der Waals surface area contributed by atoms with Gasteiger partial charge in [-0.3, -0.25) is 0 Å². The Morgan fingerprint density at radius 1 is 0.583 bits per heavy atom. The fourth-order valence-electron chi connectivity index (χ4n) is 6.54. The Labute approximate surface area is 297 Å². The molecule has 0 aliphatic carbocycles. The minimum atomic E-state index is 0. The molecule has 48 heavy (non-hydrogen) atoms. The second kappa shape index (κ2) is 13.7. The number of hydrogen-bond donors (Lipinski definition) is 0. The average Bonchev–Trinajstić information content (AvgIpc) is 3.06. The summed E-state index contributed by atoms with van der Waals surface area (Å²) >= 11 is 0. The number of fused-ring (bicyclic) bond motifs is 2. The van der Waals surface area contributed by atoms with Gasteiger partial charge in [0, 0.05) is 37.9 Å². The summed E-state index contributed by atoms with van der Waals surface area (Å²) in [5.41, 5.74) is 16.0. The summed E-state index contributed by atoms with van der Waals surface area (Å²) in [5, 5.41) is 2.35. The first-order valence-corrected chi connectivity index (χ1v) is 16.0. The van der Waals surface area contributed by atoms with Gasteiger partial charge in [-0.25, -0.2) is 0 Å². The molecule has 5 aromatic carbocycles. The molecule has 1 radical (unpaired) electrons. The molecular weight excluding hydrogens is 765 g/mol. The Morgan fingerprint density at radius 2 is 1.31 bits per heavy atom. The number of aryl methyl sites for hydroxylation is 6. The van der Waals surface area contributed by atoms with E-state index in [1.165, 1.54) is 49.9 Å². The molecule has 0 saturated carbocycles. The van der Waals surface area contributed by atoms with E-state index in [9.17, 15) is 0 Å². The molecule has 0 N–H and O–H groups in total. The van der Waals surface area contributed by atoms with E-state index >= 15 is 0 Å². The predicted molar refractivity (Wildman–Crippen MR) is 194 cm³/mol. The molecule has 0 amide bonds. The summed E-state index contributed by atoms with van der Waals surface area (Å²) in [7, 11) is 0. The Bertz CT molecular complexity index is 2200. The second-order valence-electron chi connectivity index (χ2n) is 12.5. The number of ether oxygens (including phenoxy) is 1. The number of hydrogen-bond acceptors (Lipinski definition) is 3. The van der Waals surface area contributed by atoms with Gasteiger partial charge in [-0.2, -0.15) is 0 Å². The maximum absolute atomic E-state index is 6.50. The van der Waals surface area contributed by atoms with Gasteiger partial charge in [-0.05, 0) is 96.4 Å². The third kappa shape index (κ3) is 6.34. The SMILES string of the molecule is Cc1c[c-]c(-c2ccc(C)cn2)cc1.Cc1cc(C)c(-c2cc(-c3[c-]ccc4c3Oc3cccc5cccc-4c35)ncc2C)c(C)c1.[Ir]. The summed E-state index contributed by atoms with van der Waals surface area (Å²) in [6, 6.07) is 40.2. The van der Waals surface area contributed by atoms with E-state index in [1.807, 2.05) is 55.7 Å². The van der Waals surface area contributed by atoms with Crippen molar-refractivity contribution in [3.63, 3.8) is 0 Å². The zero-order chi connectivity index (χ0) is 32.7. The fourth-order valence-corrected chi connectivity index (χ4v) is 6.54. The van der Waals surface area contributed by atoms with Crippen molar-refractivity contribution in [3.05, 3.63) is 155 Å². The van der Waals surface area contributed by atoms with Crippen molar-refractivity contribution in [3.8, 4) is 56.3 Å². The van der Waals surface area contributed by atoms with E-state index in [0.29, 0.717) is 0 Å². The van der Waals surface area contributed by atoms with Gasteiger partial charge < -0.3 is 14.7 Å². The minimum absolute atomic E-state index is 0. The molecule has 4 heteroatoms. The molecule has 0 fully saturated rings. The van der Waals surface area contributed by atoms with E-state index in [2.05, 4.69) is 112 Å². The molecule has 0 unspecified atom stereocenters. The van der Waals surface area contributed by atoms with Gasteiger partial charge in [0.1, 0.15) is 5.75 Å². The summed E-state index contributed by atoms with van der Waals surface area (Å²) in [5.74, 6) is 1.71. The van der Waals surface area contributed by atoms with Gasteiger partial charge in [-0.15, -0.1) is 53.6 Å². The minimum Gasteiger partial charge on any atom is -0.501 e. The Balaban J connectivity index is 0.000000225. The van der Waals surface area contributed by atoms with Crippen LogP contribution >= 0.6 is 0 Å². The van der Waals surface area contributed by atoms with Crippen molar-refractivity contribution in [1.29, 1.82) is 0 Å². The monoisotopic (exact) mass is 801 g/mol. The van der Waals surface area contributed by atoms with E-state index in [1.54, 1.807) is 0 Å². The van der Waals surface area contributed by atoms with Gasteiger partial charge in [0.15, 0.2) is 0 Å². The molecule has 1 aliphatic heterocycles. The topological polar surface area (TPSA) is 35.0 Å². The Morgan fingerprint density at radius 3 is 2.02 bits per heavy atom. The summed E-state index contributed by atoms with van der Waals surface area (Å²) in [6.45, 7) is 12.7. The molecular formula is C44H36IrN2O-2. The summed E-state index contributed by atoms with van der Waals surface area (Å²) < 4.78 is 6.50. The summed E-state index contributed by atoms with van der Waals surface area (Å²) in [6.07, 6.45) is 3.84. The molecule has 0 bridgehead atoms. The van der Waals surface area contributed by atoms with Gasteiger partial charge >= 0.3 is 0 Å². The average molecular weight is 801 g/mol. The standard InChI is InChI=1S/C31H24NO.C13H12N.Ir/c1-18-14-19(2)29(20(3)15-18)26-16-27(32-17-21(26)4)25-12-7-11-24-23-10-5-8-22-9-6-13-28(30(22)23)33-31(24)25;1-10-3-6-12(7-4-10)13-8-5-11(2)9-14-13;/h5-11,13-17H,1-4H3;3-6,8-9H,1-2H3;/q2*-1;. The van der Waals surface area contributed by atoms with Gasteiger partial charge in [0.05, 0.1) is 5.75 Å². The van der Waals surface area contributed by atoms with E-state index in [-0.39, 0.29) is 20.1 Å². The molecule has 1 aliphatic rings. The van der Waals surface area contributed by atoms with Crippen LogP contribution in [0.5, 0.6) is 11.5 Å². The van der Waals surface area contributed by atoms with Crippen molar-refractivity contribution >= 4 is 10.8 Å². The second-order valence-corrected chi connectivity index (χ2v) is 12.5. The van der Waals surface area contributed by atoms with Crippen molar-refractivity contribution in [2.45, 2.75) is 41.5 Å². The zero-order valence-electron chi connectivity index (χ0n) is 28.0. The van der Waals surface area contributed by atoms with Crippen molar-refractivity contribution in [1.82, 2.24) is 9.97 Å². The fraction of sp³-hybridized carbons (Fsp3) is 0.136. The third-order valence-corrected chi connectivity index (χ3v) is 8.78. The number of rotatable bonds is 3. The van der Waals surface area contributed by atoms with Crippen LogP contribution in [0.25, 0.3) is 55.5 Å².